The van der Waals surface area contributed by atoms with Crippen LogP contribution in [0.3, 0.4) is 0 Å². The van der Waals surface area contributed by atoms with E-state index in [9.17, 15) is 13.2 Å². The number of nitrogens with two attached hydrogens (primary N) is 1. The van der Waals surface area contributed by atoms with Crippen LogP contribution in [0, 0.1) is 11.8 Å². The maximum absolute atomic E-state index is 13.3. The number of aryl methyl sites for hydroxylation is 1. The molecule has 32 heavy (non-hydrogen) atoms. The van der Waals surface area contributed by atoms with Crippen molar-refractivity contribution in [2.45, 2.75) is 17.9 Å². The third kappa shape index (κ3) is 3.84. The normalized spacial score (nSPS) is 22.0. The van der Waals surface area contributed by atoms with Crippen LogP contribution >= 0.6 is 22.9 Å². The van der Waals surface area contributed by atoms with Gasteiger partial charge in [-0.2, -0.15) is 4.31 Å². The molecule has 0 saturated carbocycles. The van der Waals surface area contributed by atoms with Gasteiger partial charge in [-0.3, -0.25) is 9.20 Å². The van der Waals surface area contributed by atoms with Crippen molar-refractivity contribution >= 4 is 43.8 Å². The molecule has 2 aliphatic rings. The maximum Gasteiger partial charge on any atom is 0.262 e. The number of aromatic nitrogens is 2. The van der Waals surface area contributed by atoms with Crippen LogP contribution in [-0.2, 0) is 16.4 Å². The molecule has 1 unspecified atom stereocenters. The zero-order valence-corrected chi connectivity index (χ0v) is 19.7. The van der Waals surface area contributed by atoms with Gasteiger partial charge in [-0.25, -0.2) is 13.4 Å². The number of amides is 1. The molecule has 8 nitrogen and oxygen atoms in total. The number of thiazole rings is 1. The number of imidazole rings is 1. The van der Waals surface area contributed by atoms with Gasteiger partial charge in [0.1, 0.15) is 0 Å². The molecule has 1 aromatic carbocycles. The summed E-state index contributed by atoms with van der Waals surface area (Å²) in [5, 5.41) is 1.91. The number of hydrogen-bond acceptors (Lipinski definition) is 6. The highest BCUT2D eigenvalue weighted by Crippen LogP contribution is 2.36. The number of sulfonamides is 1. The molecule has 2 aromatic heterocycles. The minimum atomic E-state index is -3.70. The lowest BCUT2D eigenvalue weighted by Gasteiger charge is -2.21. The first-order valence-electron chi connectivity index (χ1n) is 10.6. The van der Waals surface area contributed by atoms with E-state index in [1.807, 2.05) is 18.2 Å². The van der Waals surface area contributed by atoms with Gasteiger partial charge in [0.25, 0.3) is 10.0 Å². The molecule has 2 saturated heterocycles. The predicted molar refractivity (Wildman–Crippen MR) is 124 cm³/mol. The van der Waals surface area contributed by atoms with Gasteiger partial charge in [0.15, 0.2) is 15.1 Å². The third-order valence-corrected chi connectivity index (χ3v) is 9.48. The van der Waals surface area contributed by atoms with Gasteiger partial charge in [0.2, 0.25) is 5.91 Å². The zero-order chi connectivity index (χ0) is 22.5. The highest BCUT2D eigenvalue weighted by Gasteiger charge is 2.45. The number of likely N-dealkylation sites (tertiary alicyclic amines) is 1. The second kappa shape index (κ2) is 8.42. The first-order valence-corrected chi connectivity index (χ1v) is 13.3. The zero-order valence-electron chi connectivity index (χ0n) is 17.4. The van der Waals surface area contributed by atoms with Crippen LogP contribution in [-0.4, -0.2) is 65.6 Å². The van der Waals surface area contributed by atoms with E-state index < -0.39 is 15.9 Å². The molecule has 2 N–H and O–H groups in total. The van der Waals surface area contributed by atoms with Gasteiger partial charge in [-0.15, -0.1) is 11.3 Å². The molecule has 0 spiro atoms. The number of benzene rings is 1. The van der Waals surface area contributed by atoms with Gasteiger partial charge < -0.3 is 10.6 Å². The quantitative estimate of drug-likeness (QED) is 0.544. The highest BCUT2D eigenvalue weighted by molar-refractivity contribution is 7.89. The first-order chi connectivity index (χ1) is 15.3. The highest BCUT2D eigenvalue weighted by atomic mass is 35.5. The van der Waals surface area contributed by atoms with Crippen molar-refractivity contribution in [1.82, 2.24) is 18.6 Å². The summed E-state index contributed by atoms with van der Waals surface area (Å²) in [7, 11) is -3.70. The summed E-state index contributed by atoms with van der Waals surface area (Å²) in [5.41, 5.74) is 7.04. The largest absolute Gasteiger partial charge is 0.366 e. The van der Waals surface area contributed by atoms with Crippen molar-refractivity contribution in [3.63, 3.8) is 0 Å². The average Bonchev–Trinajstić information content (AvgIpc) is 3.48. The van der Waals surface area contributed by atoms with Crippen molar-refractivity contribution in [3.05, 3.63) is 52.1 Å². The second-order valence-corrected chi connectivity index (χ2v) is 11.6. The van der Waals surface area contributed by atoms with E-state index in [-0.39, 0.29) is 10.2 Å². The van der Waals surface area contributed by atoms with Gasteiger partial charge in [-0.05, 0) is 42.9 Å². The predicted octanol–water partition coefficient (Wildman–Crippen LogP) is 2.33. The van der Waals surface area contributed by atoms with Crippen molar-refractivity contribution in [2.75, 3.05) is 32.7 Å². The Morgan fingerprint density at radius 1 is 1.19 bits per heavy atom. The van der Waals surface area contributed by atoms with Crippen LogP contribution in [0.4, 0.5) is 0 Å². The van der Waals surface area contributed by atoms with Crippen molar-refractivity contribution in [1.29, 1.82) is 0 Å². The molecule has 0 bridgehead atoms. The third-order valence-electron chi connectivity index (χ3n) is 6.49. The van der Waals surface area contributed by atoms with Gasteiger partial charge in [-0.1, -0.05) is 29.8 Å². The van der Waals surface area contributed by atoms with E-state index in [1.165, 1.54) is 11.3 Å². The summed E-state index contributed by atoms with van der Waals surface area (Å²) in [4.78, 5) is 18.7. The first kappa shape index (κ1) is 21.8. The SMILES string of the molecule is NC(=O)c1ccccc1CCCN1CC2CN(S(=O)(=O)c3c(Cl)nc4sccn34)C[C@@H]2C1. The lowest BCUT2D eigenvalue weighted by Crippen LogP contribution is -2.34. The van der Waals surface area contributed by atoms with Crippen molar-refractivity contribution in [2.24, 2.45) is 17.6 Å². The van der Waals surface area contributed by atoms with E-state index in [1.54, 1.807) is 26.3 Å². The van der Waals surface area contributed by atoms with Gasteiger partial charge >= 0.3 is 0 Å². The van der Waals surface area contributed by atoms with Gasteiger partial charge in [0.05, 0.1) is 0 Å². The van der Waals surface area contributed by atoms with Crippen LogP contribution in [0.2, 0.25) is 5.15 Å². The number of primary amides is 1. The van der Waals surface area contributed by atoms with Gasteiger partial charge in [0, 0.05) is 43.3 Å². The molecule has 0 radical (unpaired) electrons. The molecule has 0 aliphatic carbocycles. The number of halogens is 1. The molecular weight excluding hydrogens is 470 g/mol. The smallest absolute Gasteiger partial charge is 0.262 e. The van der Waals surface area contributed by atoms with E-state index in [2.05, 4.69) is 9.88 Å². The average molecular weight is 494 g/mol. The molecular formula is C21H24ClN5O3S2. The van der Waals surface area contributed by atoms with E-state index >= 15 is 0 Å². The molecule has 5 rings (SSSR count). The number of hydrogen-bond donors (Lipinski definition) is 1. The van der Waals surface area contributed by atoms with E-state index in [0.29, 0.717) is 35.4 Å². The maximum atomic E-state index is 13.3. The topological polar surface area (TPSA) is 101 Å². The number of carbonyl (C=O) groups is 1. The van der Waals surface area contributed by atoms with Crippen LogP contribution in [0.1, 0.15) is 22.3 Å². The number of nitrogens with zero attached hydrogens (tertiary/aromatic N) is 4. The number of carbonyl (C=O) groups excluding carboxylic acids is 1. The fourth-order valence-corrected chi connectivity index (χ4v) is 7.95. The fraction of sp³-hybridized carbons (Fsp3) is 0.429. The Bertz CT molecular complexity index is 1260. The summed E-state index contributed by atoms with van der Waals surface area (Å²) < 4.78 is 29.7. The molecule has 2 aliphatic heterocycles. The lowest BCUT2D eigenvalue weighted by molar-refractivity contribution is 0.0999. The molecule has 170 valence electrons. The van der Waals surface area contributed by atoms with E-state index in [0.717, 1.165) is 38.0 Å². The summed E-state index contributed by atoms with van der Waals surface area (Å²) in [6.07, 6.45) is 3.41. The van der Waals surface area contributed by atoms with Crippen LogP contribution in [0.15, 0.2) is 40.9 Å². The number of rotatable bonds is 7. The Morgan fingerprint density at radius 2 is 1.91 bits per heavy atom. The monoisotopic (exact) mass is 493 g/mol. The molecule has 4 heterocycles. The Kier molecular flexibility index (Phi) is 5.75. The summed E-state index contributed by atoms with van der Waals surface area (Å²) in [5.74, 6) is 0.232. The van der Waals surface area contributed by atoms with Crippen LogP contribution < -0.4 is 5.73 Å². The Morgan fingerprint density at radius 3 is 2.62 bits per heavy atom. The summed E-state index contributed by atoms with van der Waals surface area (Å²) >= 11 is 7.54. The Labute approximate surface area is 195 Å². The molecule has 2 atom stereocenters. The van der Waals surface area contributed by atoms with Crippen molar-refractivity contribution in [3.8, 4) is 0 Å². The van der Waals surface area contributed by atoms with Crippen molar-refractivity contribution < 1.29 is 13.2 Å². The summed E-state index contributed by atoms with van der Waals surface area (Å²) in [6, 6.07) is 7.47. The second-order valence-electron chi connectivity index (χ2n) is 8.49. The molecule has 2 fully saturated rings. The van der Waals surface area contributed by atoms with Crippen LogP contribution in [0.25, 0.3) is 4.96 Å². The standard InChI is InChI=1S/C21H24ClN5O3S2/c22-18-20(27-8-9-31-21(27)24-18)32(29,30)26-12-15-10-25(11-16(15)13-26)7-3-5-14-4-1-2-6-17(14)19(23)28/h1-2,4,6,8-9,15-16H,3,5,7,10-13H2,(H2,23,28)/t15-,16?/m0/s1. The summed E-state index contributed by atoms with van der Waals surface area (Å²) in [6.45, 7) is 3.67. The lowest BCUT2D eigenvalue weighted by atomic mass is 10.0. The Balaban J connectivity index is 1.19. The Hall–Kier alpha value is -1.98. The number of fused-ring (bicyclic) bond motifs is 2. The fourth-order valence-electron chi connectivity index (χ4n) is 4.99. The molecule has 1 amide bonds. The van der Waals surface area contributed by atoms with Crippen LogP contribution in [0.5, 0.6) is 0 Å². The minimum Gasteiger partial charge on any atom is -0.366 e. The molecule has 3 aromatic rings. The van der Waals surface area contributed by atoms with E-state index in [4.69, 9.17) is 17.3 Å². The minimum absolute atomic E-state index is 0.0341. The molecule has 11 heteroatoms.